The van der Waals surface area contributed by atoms with Crippen LogP contribution >= 0.6 is 9.24 Å². The van der Waals surface area contributed by atoms with E-state index in [2.05, 4.69) is 20.6 Å². The van der Waals surface area contributed by atoms with Crippen LogP contribution in [-0.4, -0.2) is 7.05 Å². The Morgan fingerprint density at radius 1 is 1.55 bits per heavy atom. The van der Waals surface area contributed by atoms with E-state index in [1.54, 1.807) is 7.05 Å². The molecule has 1 rings (SSSR count). The lowest BCUT2D eigenvalue weighted by atomic mass is 10.2. The molecule has 0 saturated heterocycles. The summed E-state index contributed by atoms with van der Waals surface area (Å²) in [6.07, 6.45) is 0. The van der Waals surface area contributed by atoms with Crippen molar-refractivity contribution in [3.05, 3.63) is 23.8 Å². The van der Waals surface area contributed by atoms with Gasteiger partial charge in [-0.2, -0.15) is 5.26 Å². The molecule has 0 amide bonds. The Balaban J connectivity index is 3.19. The highest BCUT2D eigenvalue weighted by Gasteiger charge is 1.97. The van der Waals surface area contributed by atoms with Crippen molar-refractivity contribution in [3.8, 4) is 6.07 Å². The highest BCUT2D eigenvalue weighted by atomic mass is 31.0. The maximum atomic E-state index is 8.67. The number of hydrogen-bond donors (Lipinski definition) is 1. The zero-order chi connectivity index (χ0) is 8.27. The van der Waals surface area contributed by atoms with Crippen LogP contribution in [0.25, 0.3) is 0 Å². The summed E-state index contributed by atoms with van der Waals surface area (Å²) < 4.78 is 0. The molecule has 0 heterocycles. The summed E-state index contributed by atoms with van der Waals surface area (Å²) in [6, 6.07) is 7.77. The third-order valence-electron chi connectivity index (χ3n) is 1.43. The molecule has 0 radical (unpaired) electrons. The van der Waals surface area contributed by atoms with Gasteiger partial charge >= 0.3 is 0 Å². The van der Waals surface area contributed by atoms with Gasteiger partial charge in [0.15, 0.2) is 0 Å². The SMILES string of the molecule is CNc1ccc(P)cc1C#N. The number of nitrogens with zero attached hydrogens (tertiary/aromatic N) is 1. The molecule has 1 unspecified atom stereocenters. The molecule has 1 aromatic carbocycles. The van der Waals surface area contributed by atoms with Gasteiger partial charge in [-0.15, -0.1) is 9.24 Å². The number of anilines is 1. The third kappa shape index (κ3) is 1.69. The van der Waals surface area contributed by atoms with Crippen LogP contribution in [0.3, 0.4) is 0 Å². The van der Waals surface area contributed by atoms with Gasteiger partial charge in [0, 0.05) is 7.05 Å². The van der Waals surface area contributed by atoms with Gasteiger partial charge in [-0.1, -0.05) is 6.07 Å². The third-order valence-corrected chi connectivity index (χ3v) is 1.79. The van der Waals surface area contributed by atoms with Crippen molar-refractivity contribution in [1.82, 2.24) is 0 Å². The maximum absolute atomic E-state index is 8.67. The van der Waals surface area contributed by atoms with E-state index in [-0.39, 0.29) is 0 Å². The molecule has 0 spiro atoms. The van der Waals surface area contributed by atoms with Crippen molar-refractivity contribution >= 4 is 20.2 Å². The minimum atomic E-state index is 0.681. The van der Waals surface area contributed by atoms with Crippen LogP contribution in [0, 0.1) is 11.3 Å². The lowest BCUT2D eigenvalue weighted by Crippen LogP contribution is -1.97. The molecule has 0 aliphatic rings. The Labute approximate surface area is 68.4 Å². The van der Waals surface area contributed by atoms with Crippen molar-refractivity contribution in [3.63, 3.8) is 0 Å². The number of rotatable bonds is 1. The van der Waals surface area contributed by atoms with Crippen LogP contribution < -0.4 is 10.6 Å². The Kier molecular flexibility index (Phi) is 2.46. The molecule has 0 aliphatic heterocycles. The fraction of sp³-hybridized carbons (Fsp3) is 0.125. The van der Waals surface area contributed by atoms with Crippen LogP contribution in [0.15, 0.2) is 18.2 Å². The highest BCUT2D eigenvalue weighted by Crippen LogP contribution is 2.11. The molecule has 1 N–H and O–H groups in total. The van der Waals surface area contributed by atoms with E-state index in [1.807, 2.05) is 18.2 Å². The van der Waals surface area contributed by atoms with Crippen LogP contribution in [0.4, 0.5) is 5.69 Å². The quantitative estimate of drug-likeness (QED) is 0.631. The predicted octanol–water partition coefficient (Wildman–Crippen LogP) is 1.10. The van der Waals surface area contributed by atoms with Crippen molar-refractivity contribution < 1.29 is 0 Å². The molecule has 0 saturated carbocycles. The van der Waals surface area contributed by atoms with Crippen LogP contribution in [0.1, 0.15) is 5.56 Å². The number of nitrogens with one attached hydrogen (secondary N) is 1. The Morgan fingerprint density at radius 3 is 2.82 bits per heavy atom. The second kappa shape index (κ2) is 3.37. The molecule has 0 aromatic heterocycles. The molecule has 3 heteroatoms. The van der Waals surface area contributed by atoms with E-state index in [1.165, 1.54) is 0 Å². The molecule has 0 bridgehead atoms. The second-order valence-corrected chi connectivity index (χ2v) is 2.83. The topological polar surface area (TPSA) is 35.8 Å². The van der Waals surface area contributed by atoms with E-state index < -0.39 is 0 Å². The van der Waals surface area contributed by atoms with Crippen LogP contribution in [0.2, 0.25) is 0 Å². The molecule has 1 aromatic rings. The maximum Gasteiger partial charge on any atom is 0.101 e. The first-order chi connectivity index (χ1) is 5.27. The van der Waals surface area contributed by atoms with E-state index in [0.29, 0.717) is 5.56 Å². The van der Waals surface area contributed by atoms with Crippen LogP contribution in [-0.2, 0) is 0 Å². The zero-order valence-electron chi connectivity index (χ0n) is 6.26. The summed E-state index contributed by atoms with van der Waals surface area (Å²) in [4.78, 5) is 0. The minimum absolute atomic E-state index is 0.681. The lowest BCUT2D eigenvalue weighted by Gasteiger charge is -2.02. The van der Waals surface area contributed by atoms with Crippen LogP contribution in [0.5, 0.6) is 0 Å². The molecule has 56 valence electrons. The van der Waals surface area contributed by atoms with Gasteiger partial charge in [-0.05, 0) is 17.4 Å². The Bertz CT molecular complexity index is 301. The van der Waals surface area contributed by atoms with Gasteiger partial charge in [0.25, 0.3) is 0 Å². The van der Waals surface area contributed by atoms with E-state index in [0.717, 1.165) is 11.0 Å². The number of nitriles is 1. The summed E-state index contributed by atoms with van der Waals surface area (Å²) >= 11 is 0. The van der Waals surface area contributed by atoms with Crippen molar-refractivity contribution in [2.24, 2.45) is 0 Å². The minimum Gasteiger partial charge on any atom is -0.387 e. The molecular weight excluding hydrogens is 155 g/mol. The standard InChI is InChI=1S/C8H9N2P/c1-10-8-3-2-7(11)4-6(8)5-9/h2-4,10H,11H2,1H3. The second-order valence-electron chi connectivity index (χ2n) is 2.17. The fourth-order valence-electron chi connectivity index (χ4n) is 0.872. The number of benzene rings is 1. The zero-order valence-corrected chi connectivity index (χ0v) is 7.41. The number of hydrogen-bond acceptors (Lipinski definition) is 2. The van der Waals surface area contributed by atoms with Gasteiger partial charge in [0.1, 0.15) is 6.07 Å². The van der Waals surface area contributed by atoms with Gasteiger partial charge in [-0.3, -0.25) is 0 Å². The molecular formula is C8H9N2P. The predicted molar refractivity (Wildman–Crippen MR) is 50.0 cm³/mol. The molecule has 2 nitrogen and oxygen atoms in total. The average molecular weight is 164 g/mol. The van der Waals surface area contributed by atoms with E-state index in [9.17, 15) is 0 Å². The normalized spacial score (nSPS) is 8.82. The average Bonchev–Trinajstić information content (AvgIpc) is 2.04. The first-order valence-electron chi connectivity index (χ1n) is 3.25. The molecule has 1 atom stereocenters. The first kappa shape index (κ1) is 8.04. The summed E-state index contributed by atoms with van der Waals surface area (Å²) in [6.45, 7) is 0. The van der Waals surface area contributed by atoms with Gasteiger partial charge in [0.2, 0.25) is 0 Å². The van der Waals surface area contributed by atoms with Gasteiger partial charge in [0.05, 0.1) is 11.3 Å². The molecule has 0 aliphatic carbocycles. The Hall–Kier alpha value is -1.06. The van der Waals surface area contributed by atoms with Gasteiger partial charge in [-0.25, -0.2) is 0 Å². The van der Waals surface area contributed by atoms with Crippen molar-refractivity contribution in [1.29, 1.82) is 5.26 Å². The summed E-state index contributed by atoms with van der Waals surface area (Å²) in [5.74, 6) is 0. The molecule has 0 fully saturated rings. The highest BCUT2D eigenvalue weighted by molar-refractivity contribution is 7.27. The monoisotopic (exact) mass is 164 g/mol. The molecule has 11 heavy (non-hydrogen) atoms. The Morgan fingerprint density at radius 2 is 2.27 bits per heavy atom. The smallest absolute Gasteiger partial charge is 0.101 e. The van der Waals surface area contributed by atoms with Crippen molar-refractivity contribution in [2.45, 2.75) is 0 Å². The lowest BCUT2D eigenvalue weighted by molar-refractivity contribution is 1.45. The largest absolute Gasteiger partial charge is 0.387 e. The van der Waals surface area contributed by atoms with Gasteiger partial charge < -0.3 is 5.32 Å². The van der Waals surface area contributed by atoms with E-state index in [4.69, 9.17) is 5.26 Å². The summed E-state index contributed by atoms with van der Waals surface area (Å²) in [5.41, 5.74) is 1.55. The van der Waals surface area contributed by atoms with Crippen molar-refractivity contribution in [2.75, 3.05) is 12.4 Å². The van der Waals surface area contributed by atoms with E-state index >= 15 is 0 Å². The summed E-state index contributed by atoms with van der Waals surface area (Å²) in [7, 11) is 4.36. The fourth-order valence-corrected chi connectivity index (χ4v) is 1.14. The first-order valence-corrected chi connectivity index (χ1v) is 3.83. The summed E-state index contributed by atoms with van der Waals surface area (Å²) in [5, 5.41) is 12.6.